The molecule has 0 spiro atoms. The van der Waals surface area contributed by atoms with Gasteiger partial charge in [-0.25, -0.2) is 0 Å². The van der Waals surface area contributed by atoms with Crippen molar-refractivity contribution in [2.45, 2.75) is 76.2 Å². The zero-order chi connectivity index (χ0) is 17.6. The van der Waals surface area contributed by atoms with E-state index in [4.69, 9.17) is 4.74 Å². The lowest BCUT2D eigenvalue weighted by Crippen LogP contribution is -2.60. The van der Waals surface area contributed by atoms with Gasteiger partial charge in [-0.15, -0.1) is 0 Å². The summed E-state index contributed by atoms with van der Waals surface area (Å²) in [6.07, 6.45) is -0.898. The summed E-state index contributed by atoms with van der Waals surface area (Å²) in [4.78, 5) is 0. The van der Waals surface area contributed by atoms with E-state index >= 15 is 0 Å². The third kappa shape index (κ3) is 3.13. The van der Waals surface area contributed by atoms with Crippen LogP contribution in [0, 0.1) is 29.6 Å². The summed E-state index contributed by atoms with van der Waals surface area (Å²) in [6.45, 7) is 3.80. The fourth-order valence-electron chi connectivity index (χ4n) is 5.28. The average Bonchev–Trinajstić information content (AvgIpc) is 2.55. The largest absolute Gasteiger partial charge is 0.396 e. The van der Waals surface area contributed by atoms with Crippen molar-refractivity contribution in [1.29, 1.82) is 0 Å². The summed E-state index contributed by atoms with van der Waals surface area (Å²) in [6, 6.07) is 0. The first-order valence-electron chi connectivity index (χ1n) is 9.33. The predicted molar refractivity (Wildman–Crippen MR) is 87.0 cm³/mol. The maximum absolute atomic E-state index is 10.8. The highest BCUT2D eigenvalue weighted by molar-refractivity contribution is 5.00. The van der Waals surface area contributed by atoms with Crippen LogP contribution in [0.3, 0.4) is 0 Å². The van der Waals surface area contributed by atoms with Gasteiger partial charge in [-0.3, -0.25) is 0 Å². The second kappa shape index (κ2) is 7.17. The Balaban J connectivity index is 1.79. The highest BCUT2D eigenvalue weighted by atomic mass is 16.5. The zero-order valence-electron chi connectivity index (χ0n) is 14.5. The fraction of sp³-hybridized carbons (Fsp3) is 1.00. The van der Waals surface area contributed by atoms with Crippen LogP contribution in [0.5, 0.6) is 0 Å². The number of ether oxygens (including phenoxy) is 1. The smallest absolute Gasteiger partial charge is 0.0869 e. The number of fused-ring (bicyclic) bond motifs is 1. The summed E-state index contributed by atoms with van der Waals surface area (Å²) in [7, 11) is 0. The Morgan fingerprint density at radius 1 is 0.875 bits per heavy atom. The fourth-order valence-corrected chi connectivity index (χ4v) is 5.28. The standard InChI is InChI=1S/C18H32O6/c1-8-5-10(6-14(21)15(8)22)17-16(23)9(2)11-3-4-13(20)12(7-19)18(11)24-17/h8-23H,3-7H2,1-2H3. The molecule has 0 bridgehead atoms. The zero-order valence-corrected chi connectivity index (χ0v) is 14.5. The Morgan fingerprint density at radius 2 is 1.58 bits per heavy atom. The number of hydrogen-bond acceptors (Lipinski definition) is 6. The number of hydrogen-bond donors (Lipinski definition) is 5. The lowest BCUT2D eigenvalue weighted by Gasteiger charge is -2.53. The van der Waals surface area contributed by atoms with Gasteiger partial charge in [0.05, 0.1) is 43.2 Å². The van der Waals surface area contributed by atoms with E-state index in [1.54, 1.807) is 0 Å². The predicted octanol–water partition coefficient (Wildman–Crippen LogP) is -0.102. The van der Waals surface area contributed by atoms with Crippen molar-refractivity contribution < 1.29 is 30.3 Å². The van der Waals surface area contributed by atoms with Gasteiger partial charge in [0, 0.05) is 5.92 Å². The Hall–Kier alpha value is -0.240. The summed E-state index contributed by atoms with van der Waals surface area (Å²) in [5, 5.41) is 50.8. The van der Waals surface area contributed by atoms with Crippen LogP contribution in [-0.4, -0.2) is 68.8 Å². The Labute approximate surface area is 143 Å². The van der Waals surface area contributed by atoms with Crippen LogP contribution in [0.15, 0.2) is 0 Å². The average molecular weight is 344 g/mol. The Morgan fingerprint density at radius 3 is 2.21 bits per heavy atom. The van der Waals surface area contributed by atoms with E-state index in [-0.39, 0.29) is 42.3 Å². The second-order valence-corrected chi connectivity index (χ2v) is 8.34. The van der Waals surface area contributed by atoms with Crippen molar-refractivity contribution in [2.24, 2.45) is 29.6 Å². The number of rotatable bonds is 2. The van der Waals surface area contributed by atoms with E-state index in [0.29, 0.717) is 19.3 Å². The molecule has 0 amide bonds. The van der Waals surface area contributed by atoms with Gasteiger partial charge in [0.15, 0.2) is 0 Å². The van der Waals surface area contributed by atoms with Crippen LogP contribution in [0.25, 0.3) is 0 Å². The van der Waals surface area contributed by atoms with Crippen LogP contribution < -0.4 is 0 Å². The van der Waals surface area contributed by atoms with Crippen molar-refractivity contribution in [3.05, 3.63) is 0 Å². The third-order valence-corrected chi connectivity index (χ3v) is 6.87. The lowest BCUT2D eigenvalue weighted by atomic mass is 9.65. The normalized spacial score (nSPS) is 55.9. The first kappa shape index (κ1) is 18.5. The van der Waals surface area contributed by atoms with Gasteiger partial charge in [0.1, 0.15) is 0 Å². The van der Waals surface area contributed by atoms with Crippen molar-refractivity contribution in [3.63, 3.8) is 0 Å². The Bertz CT molecular complexity index is 420. The van der Waals surface area contributed by atoms with E-state index in [1.807, 2.05) is 13.8 Å². The SMILES string of the molecule is CC1CC(C2OC3C(CO)C(O)CCC3C(C)C2O)CC(O)C1O. The molecule has 5 N–H and O–H groups in total. The monoisotopic (exact) mass is 344 g/mol. The molecule has 1 aliphatic heterocycles. The van der Waals surface area contributed by atoms with Crippen molar-refractivity contribution in [3.8, 4) is 0 Å². The molecular weight excluding hydrogens is 312 g/mol. The van der Waals surface area contributed by atoms with Gasteiger partial charge in [-0.2, -0.15) is 0 Å². The highest BCUT2D eigenvalue weighted by Gasteiger charge is 2.52. The molecule has 0 radical (unpaired) electrons. The minimum absolute atomic E-state index is 0.0228. The van der Waals surface area contributed by atoms with Crippen molar-refractivity contribution >= 4 is 0 Å². The van der Waals surface area contributed by atoms with Crippen LogP contribution in [0.4, 0.5) is 0 Å². The molecule has 11 atom stereocenters. The first-order valence-corrected chi connectivity index (χ1v) is 9.33. The maximum atomic E-state index is 10.8. The maximum Gasteiger partial charge on any atom is 0.0869 e. The molecule has 0 aromatic rings. The van der Waals surface area contributed by atoms with Gasteiger partial charge in [0.25, 0.3) is 0 Å². The molecule has 140 valence electrons. The molecule has 1 heterocycles. The minimum Gasteiger partial charge on any atom is -0.396 e. The molecular formula is C18H32O6. The topological polar surface area (TPSA) is 110 Å². The second-order valence-electron chi connectivity index (χ2n) is 8.34. The van der Waals surface area contributed by atoms with E-state index < -0.39 is 30.5 Å². The molecule has 1 saturated heterocycles. The highest BCUT2D eigenvalue weighted by Crippen LogP contribution is 2.46. The summed E-state index contributed by atoms with van der Waals surface area (Å²) >= 11 is 0. The van der Waals surface area contributed by atoms with Gasteiger partial charge in [0.2, 0.25) is 0 Å². The van der Waals surface area contributed by atoms with Crippen LogP contribution in [0.2, 0.25) is 0 Å². The first-order chi connectivity index (χ1) is 11.3. The molecule has 6 nitrogen and oxygen atoms in total. The van der Waals surface area contributed by atoms with Crippen molar-refractivity contribution in [2.75, 3.05) is 6.61 Å². The quantitative estimate of drug-likeness (QED) is 0.478. The van der Waals surface area contributed by atoms with E-state index in [2.05, 4.69) is 0 Å². The van der Waals surface area contributed by atoms with Gasteiger partial charge in [-0.05, 0) is 49.4 Å². The lowest BCUT2D eigenvalue weighted by molar-refractivity contribution is -0.240. The molecule has 3 rings (SSSR count). The van der Waals surface area contributed by atoms with Crippen LogP contribution >= 0.6 is 0 Å². The summed E-state index contributed by atoms with van der Waals surface area (Å²) < 4.78 is 6.26. The molecule has 3 aliphatic rings. The molecule has 2 saturated carbocycles. The van der Waals surface area contributed by atoms with E-state index in [0.717, 1.165) is 6.42 Å². The molecule has 2 aliphatic carbocycles. The molecule has 11 unspecified atom stereocenters. The van der Waals surface area contributed by atoms with E-state index in [9.17, 15) is 25.5 Å². The molecule has 24 heavy (non-hydrogen) atoms. The molecule has 0 aromatic carbocycles. The van der Waals surface area contributed by atoms with Crippen LogP contribution in [-0.2, 0) is 4.74 Å². The number of aliphatic hydroxyl groups is 5. The molecule has 0 aromatic heterocycles. The van der Waals surface area contributed by atoms with Gasteiger partial charge >= 0.3 is 0 Å². The Kier molecular flexibility index (Phi) is 5.54. The molecule has 3 fully saturated rings. The van der Waals surface area contributed by atoms with Crippen molar-refractivity contribution in [1.82, 2.24) is 0 Å². The van der Waals surface area contributed by atoms with Gasteiger partial charge < -0.3 is 30.3 Å². The van der Waals surface area contributed by atoms with Crippen LogP contribution in [0.1, 0.15) is 39.5 Å². The third-order valence-electron chi connectivity index (χ3n) is 6.87. The summed E-state index contributed by atoms with van der Waals surface area (Å²) in [5.74, 6) is -0.246. The molecule has 6 heteroatoms. The summed E-state index contributed by atoms with van der Waals surface area (Å²) in [5.41, 5.74) is 0. The van der Waals surface area contributed by atoms with E-state index in [1.165, 1.54) is 0 Å². The minimum atomic E-state index is -0.798. The van der Waals surface area contributed by atoms with Gasteiger partial charge in [-0.1, -0.05) is 13.8 Å². The number of aliphatic hydroxyl groups excluding tert-OH is 5.